The first kappa shape index (κ1) is 21.5. The highest BCUT2D eigenvalue weighted by Crippen LogP contribution is 2.38. The van der Waals surface area contributed by atoms with Gasteiger partial charge in [-0.25, -0.2) is 8.42 Å². The maximum atomic E-state index is 13.4. The summed E-state index contributed by atoms with van der Waals surface area (Å²) < 4.78 is 34.0. The molecule has 2 unspecified atom stereocenters. The van der Waals surface area contributed by atoms with Gasteiger partial charge in [-0.05, 0) is 49.3 Å². The van der Waals surface area contributed by atoms with Gasteiger partial charge < -0.3 is 9.84 Å². The SMILES string of the molecule is CC1CCC(c2ccccc2)S(=O)(=O)N1Cc1ccc(C2(CO)CCOCC2)cc1. The van der Waals surface area contributed by atoms with Gasteiger partial charge in [0.2, 0.25) is 10.0 Å². The summed E-state index contributed by atoms with van der Waals surface area (Å²) in [6, 6.07) is 17.6. The molecule has 162 valence electrons. The first-order valence-corrected chi connectivity index (χ1v) is 12.3. The van der Waals surface area contributed by atoms with Gasteiger partial charge in [-0.3, -0.25) is 0 Å². The first-order valence-electron chi connectivity index (χ1n) is 10.8. The van der Waals surface area contributed by atoms with Gasteiger partial charge in [0.25, 0.3) is 0 Å². The van der Waals surface area contributed by atoms with E-state index in [4.69, 9.17) is 4.74 Å². The van der Waals surface area contributed by atoms with Crippen molar-refractivity contribution < 1.29 is 18.3 Å². The third-order valence-corrected chi connectivity index (χ3v) is 9.22. The Balaban J connectivity index is 1.55. The summed E-state index contributed by atoms with van der Waals surface area (Å²) >= 11 is 0. The fourth-order valence-electron chi connectivity index (χ4n) is 4.80. The molecule has 30 heavy (non-hydrogen) atoms. The van der Waals surface area contributed by atoms with Crippen LogP contribution in [0.2, 0.25) is 0 Å². The number of rotatable bonds is 5. The summed E-state index contributed by atoms with van der Waals surface area (Å²) in [5.74, 6) is 0. The third kappa shape index (κ3) is 4.06. The second-order valence-corrected chi connectivity index (χ2v) is 10.7. The van der Waals surface area contributed by atoms with Crippen LogP contribution in [0.15, 0.2) is 54.6 Å². The summed E-state index contributed by atoms with van der Waals surface area (Å²) in [6.45, 7) is 3.80. The molecule has 0 spiro atoms. The highest BCUT2D eigenvalue weighted by atomic mass is 32.2. The lowest BCUT2D eigenvalue weighted by atomic mass is 9.75. The number of aliphatic hydroxyl groups is 1. The lowest BCUT2D eigenvalue weighted by molar-refractivity contribution is 0.0253. The Kier molecular flexibility index (Phi) is 6.30. The van der Waals surface area contributed by atoms with Crippen molar-refractivity contribution in [2.45, 2.75) is 55.9 Å². The number of aliphatic hydroxyl groups excluding tert-OH is 1. The van der Waals surface area contributed by atoms with E-state index in [1.54, 1.807) is 4.31 Å². The Morgan fingerprint density at radius 3 is 2.33 bits per heavy atom. The molecular formula is C24H31NO4S. The van der Waals surface area contributed by atoms with E-state index in [1.807, 2.05) is 61.5 Å². The number of ether oxygens (including phenoxy) is 1. The van der Waals surface area contributed by atoms with Crippen LogP contribution in [0.3, 0.4) is 0 Å². The molecule has 2 aromatic rings. The maximum Gasteiger partial charge on any atom is 0.221 e. The van der Waals surface area contributed by atoms with E-state index in [0.717, 1.165) is 36.0 Å². The van der Waals surface area contributed by atoms with Crippen LogP contribution in [0.5, 0.6) is 0 Å². The van der Waals surface area contributed by atoms with Crippen LogP contribution >= 0.6 is 0 Å². The van der Waals surface area contributed by atoms with E-state index in [0.29, 0.717) is 26.2 Å². The molecule has 2 atom stereocenters. The molecule has 0 amide bonds. The standard InChI is InChI=1S/C24H31NO4S/c1-19-7-12-23(21-5-3-2-4-6-21)30(27,28)25(19)17-20-8-10-22(11-9-20)24(18-26)13-15-29-16-14-24/h2-6,8-11,19,23,26H,7,12-18H2,1H3. The second-order valence-electron chi connectivity index (χ2n) is 8.66. The lowest BCUT2D eigenvalue weighted by Crippen LogP contribution is -2.44. The summed E-state index contributed by atoms with van der Waals surface area (Å²) in [4.78, 5) is 0. The molecule has 2 fully saturated rings. The molecule has 4 rings (SSSR count). The number of benzene rings is 2. The Morgan fingerprint density at radius 1 is 1.03 bits per heavy atom. The average Bonchev–Trinajstić information content (AvgIpc) is 2.78. The number of nitrogens with zero attached hydrogens (tertiary/aromatic N) is 1. The smallest absolute Gasteiger partial charge is 0.221 e. The van der Waals surface area contributed by atoms with Gasteiger partial charge in [-0.1, -0.05) is 54.6 Å². The van der Waals surface area contributed by atoms with E-state index in [2.05, 4.69) is 0 Å². The van der Waals surface area contributed by atoms with E-state index < -0.39 is 15.3 Å². The van der Waals surface area contributed by atoms with E-state index in [9.17, 15) is 13.5 Å². The largest absolute Gasteiger partial charge is 0.395 e. The van der Waals surface area contributed by atoms with E-state index >= 15 is 0 Å². The topological polar surface area (TPSA) is 66.8 Å². The van der Waals surface area contributed by atoms with Crippen LogP contribution in [-0.2, 0) is 26.7 Å². The quantitative estimate of drug-likeness (QED) is 0.785. The minimum Gasteiger partial charge on any atom is -0.395 e. The summed E-state index contributed by atoms with van der Waals surface area (Å²) in [5.41, 5.74) is 2.70. The molecule has 0 aliphatic carbocycles. The van der Waals surface area contributed by atoms with Crippen LogP contribution in [0.1, 0.15) is 54.5 Å². The highest BCUT2D eigenvalue weighted by Gasteiger charge is 2.40. The Hall–Kier alpha value is -1.73. The van der Waals surface area contributed by atoms with Crippen LogP contribution in [0, 0.1) is 0 Å². The lowest BCUT2D eigenvalue weighted by Gasteiger charge is -2.38. The molecule has 0 radical (unpaired) electrons. The zero-order valence-electron chi connectivity index (χ0n) is 17.5. The van der Waals surface area contributed by atoms with Gasteiger partial charge in [0, 0.05) is 31.2 Å². The van der Waals surface area contributed by atoms with Gasteiger partial charge in [0.05, 0.1) is 6.61 Å². The highest BCUT2D eigenvalue weighted by molar-refractivity contribution is 7.89. The average molecular weight is 430 g/mol. The molecule has 2 saturated heterocycles. The van der Waals surface area contributed by atoms with Gasteiger partial charge in [-0.2, -0.15) is 4.31 Å². The van der Waals surface area contributed by atoms with Crippen molar-refractivity contribution in [3.8, 4) is 0 Å². The van der Waals surface area contributed by atoms with Crippen molar-refractivity contribution in [2.24, 2.45) is 0 Å². The predicted molar refractivity (Wildman–Crippen MR) is 118 cm³/mol. The van der Waals surface area contributed by atoms with Gasteiger partial charge in [-0.15, -0.1) is 0 Å². The molecule has 2 aliphatic rings. The second kappa shape index (κ2) is 8.79. The molecule has 0 saturated carbocycles. The van der Waals surface area contributed by atoms with Crippen molar-refractivity contribution in [1.29, 1.82) is 0 Å². The zero-order chi connectivity index (χ0) is 21.2. The van der Waals surface area contributed by atoms with Crippen molar-refractivity contribution >= 4 is 10.0 Å². The molecule has 1 N–H and O–H groups in total. The summed E-state index contributed by atoms with van der Waals surface area (Å²) in [5, 5.41) is 9.55. The number of sulfonamides is 1. The zero-order valence-corrected chi connectivity index (χ0v) is 18.4. The molecule has 0 bridgehead atoms. The Bertz CT molecular complexity index is 937. The normalized spacial score (nSPS) is 26.3. The van der Waals surface area contributed by atoms with Gasteiger partial charge >= 0.3 is 0 Å². The fraction of sp³-hybridized carbons (Fsp3) is 0.500. The van der Waals surface area contributed by atoms with Crippen molar-refractivity contribution in [2.75, 3.05) is 19.8 Å². The van der Waals surface area contributed by atoms with Crippen molar-refractivity contribution in [1.82, 2.24) is 4.31 Å². The molecule has 2 aliphatic heterocycles. The summed E-state index contributed by atoms with van der Waals surface area (Å²) in [6.07, 6.45) is 3.12. The molecule has 5 nitrogen and oxygen atoms in total. The number of hydrogen-bond acceptors (Lipinski definition) is 4. The predicted octanol–water partition coefficient (Wildman–Crippen LogP) is 3.78. The third-order valence-electron chi connectivity index (χ3n) is 6.85. The van der Waals surface area contributed by atoms with Gasteiger partial charge in [0.15, 0.2) is 0 Å². The molecule has 2 heterocycles. The number of hydrogen-bond donors (Lipinski definition) is 1. The molecular weight excluding hydrogens is 398 g/mol. The maximum absolute atomic E-state index is 13.4. The Morgan fingerprint density at radius 2 is 1.70 bits per heavy atom. The monoisotopic (exact) mass is 429 g/mol. The van der Waals surface area contributed by atoms with Crippen LogP contribution in [0.4, 0.5) is 0 Å². The van der Waals surface area contributed by atoms with Crippen LogP contribution in [-0.4, -0.2) is 43.7 Å². The molecule has 6 heteroatoms. The Labute approximate surface area is 179 Å². The van der Waals surface area contributed by atoms with Crippen LogP contribution < -0.4 is 0 Å². The first-order chi connectivity index (χ1) is 14.5. The van der Waals surface area contributed by atoms with E-state index in [1.165, 1.54) is 0 Å². The van der Waals surface area contributed by atoms with Crippen molar-refractivity contribution in [3.05, 3.63) is 71.3 Å². The van der Waals surface area contributed by atoms with Crippen LogP contribution in [0.25, 0.3) is 0 Å². The summed E-state index contributed by atoms with van der Waals surface area (Å²) in [7, 11) is -3.44. The van der Waals surface area contributed by atoms with Crippen molar-refractivity contribution in [3.63, 3.8) is 0 Å². The minimum atomic E-state index is -3.44. The van der Waals surface area contributed by atoms with E-state index in [-0.39, 0.29) is 18.1 Å². The molecule has 2 aromatic carbocycles. The molecule has 0 aromatic heterocycles. The van der Waals surface area contributed by atoms with Gasteiger partial charge in [0.1, 0.15) is 5.25 Å². The minimum absolute atomic E-state index is 0.0195. The fourth-order valence-corrected chi connectivity index (χ4v) is 6.99.